The Morgan fingerprint density at radius 2 is 2.11 bits per heavy atom. The Balaban J connectivity index is 1.52. The number of fused-ring (bicyclic) bond motifs is 1. The maximum absolute atomic E-state index is 15.1. The number of anilines is 1. The Kier molecular flexibility index (Phi) is 6.78. The topological polar surface area (TPSA) is 72.7 Å². The SMILES string of the molecule is C=CC(=O)N1CC2(CCN(c3nc4c(c(-c5ccccc5F)c3C#N)CCN(CCCOC)C4)C2)C1. The summed E-state index contributed by atoms with van der Waals surface area (Å²) >= 11 is 0. The van der Waals surface area contributed by atoms with Crippen molar-refractivity contribution in [3.63, 3.8) is 0 Å². The van der Waals surface area contributed by atoms with Crippen molar-refractivity contribution in [2.45, 2.75) is 25.8 Å². The van der Waals surface area contributed by atoms with E-state index in [1.54, 1.807) is 19.2 Å². The summed E-state index contributed by atoms with van der Waals surface area (Å²) < 4.78 is 20.3. The molecule has 8 heteroatoms. The third kappa shape index (κ3) is 4.38. The van der Waals surface area contributed by atoms with Crippen LogP contribution < -0.4 is 4.90 Å². The van der Waals surface area contributed by atoms with Gasteiger partial charge in [-0.3, -0.25) is 9.69 Å². The van der Waals surface area contributed by atoms with Crippen LogP contribution in [0, 0.1) is 22.6 Å². The number of halogens is 1. The molecule has 1 spiro atoms. The van der Waals surface area contributed by atoms with Crippen LogP contribution in [-0.2, 0) is 22.5 Å². The Morgan fingerprint density at radius 1 is 1.31 bits per heavy atom. The van der Waals surface area contributed by atoms with Crippen LogP contribution in [0.4, 0.5) is 10.2 Å². The number of aromatic nitrogens is 1. The smallest absolute Gasteiger partial charge is 0.245 e. The highest BCUT2D eigenvalue weighted by atomic mass is 19.1. The van der Waals surface area contributed by atoms with Gasteiger partial charge in [0.15, 0.2) is 0 Å². The lowest BCUT2D eigenvalue weighted by molar-refractivity contribution is -0.136. The van der Waals surface area contributed by atoms with Gasteiger partial charge in [-0.1, -0.05) is 24.8 Å². The number of nitriles is 1. The lowest BCUT2D eigenvalue weighted by Gasteiger charge is -2.47. The lowest BCUT2D eigenvalue weighted by atomic mass is 9.79. The third-order valence-electron chi connectivity index (χ3n) is 7.77. The number of hydrogen-bond acceptors (Lipinski definition) is 6. The minimum atomic E-state index is -0.327. The van der Waals surface area contributed by atoms with E-state index in [9.17, 15) is 10.1 Å². The zero-order valence-corrected chi connectivity index (χ0v) is 20.8. The zero-order valence-electron chi connectivity index (χ0n) is 20.8. The number of pyridine rings is 1. The summed E-state index contributed by atoms with van der Waals surface area (Å²) in [5, 5.41) is 10.3. The summed E-state index contributed by atoms with van der Waals surface area (Å²) in [6.45, 7) is 9.56. The first-order valence-corrected chi connectivity index (χ1v) is 12.6. The fourth-order valence-corrected chi connectivity index (χ4v) is 5.96. The van der Waals surface area contributed by atoms with Crippen LogP contribution in [0.3, 0.4) is 0 Å². The van der Waals surface area contributed by atoms with Crippen LogP contribution in [0.15, 0.2) is 36.9 Å². The van der Waals surface area contributed by atoms with Crippen molar-refractivity contribution in [3.05, 3.63) is 59.6 Å². The van der Waals surface area contributed by atoms with Gasteiger partial charge in [-0.15, -0.1) is 0 Å². The van der Waals surface area contributed by atoms with E-state index in [2.05, 4.69) is 22.4 Å². The summed E-state index contributed by atoms with van der Waals surface area (Å²) in [6.07, 6.45) is 3.94. The fraction of sp³-hybridized carbons (Fsp3) is 0.464. The Hall–Kier alpha value is -3.28. The van der Waals surface area contributed by atoms with Crippen molar-refractivity contribution >= 4 is 11.7 Å². The number of amides is 1. The van der Waals surface area contributed by atoms with Gasteiger partial charge < -0.3 is 14.5 Å². The van der Waals surface area contributed by atoms with E-state index in [0.717, 1.165) is 56.7 Å². The van der Waals surface area contributed by atoms with Gasteiger partial charge in [0.05, 0.1) is 5.69 Å². The van der Waals surface area contributed by atoms with Gasteiger partial charge in [-0.2, -0.15) is 5.26 Å². The molecule has 3 aliphatic heterocycles. The van der Waals surface area contributed by atoms with E-state index in [1.807, 2.05) is 11.0 Å². The third-order valence-corrected chi connectivity index (χ3v) is 7.77. The summed E-state index contributed by atoms with van der Waals surface area (Å²) in [7, 11) is 1.71. The predicted octanol–water partition coefficient (Wildman–Crippen LogP) is 3.38. The van der Waals surface area contributed by atoms with E-state index in [0.29, 0.717) is 48.7 Å². The molecule has 7 nitrogen and oxygen atoms in total. The second-order valence-electron chi connectivity index (χ2n) is 10.1. The second kappa shape index (κ2) is 10.00. The Morgan fingerprint density at radius 3 is 2.83 bits per heavy atom. The van der Waals surface area contributed by atoms with Crippen LogP contribution in [0.1, 0.15) is 29.7 Å². The predicted molar refractivity (Wildman–Crippen MR) is 136 cm³/mol. The average molecular weight is 490 g/mol. The molecule has 0 radical (unpaired) electrons. The molecule has 2 aromatic rings. The van der Waals surface area contributed by atoms with Crippen molar-refractivity contribution in [2.24, 2.45) is 5.41 Å². The molecule has 5 rings (SSSR count). The molecule has 0 bridgehead atoms. The van der Waals surface area contributed by atoms with Gasteiger partial charge in [-0.05, 0) is 37.0 Å². The van der Waals surface area contributed by atoms with Gasteiger partial charge in [0.1, 0.15) is 23.3 Å². The largest absolute Gasteiger partial charge is 0.385 e. The summed E-state index contributed by atoms with van der Waals surface area (Å²) in [4.78, 5) is 23.4. The average Bonchev–Trinajstić information content (AvgIpc) is 3.32. The molecule has 36 heavy (non-hydrogen) atoms. The highest BCUT2D eigenvalue weighted by molar-refractivity contribution is 5.88. The highest BCUT2D eigenvalue weighted by Crippen LogP contribution is 2.44. The molecular weight excluding hydrogens is 457 g/mol. The van der Waals surface area contributed by atoms with Crippen molar-refractivity contribution in [2.75, 3.05) is 57.9 Å². The number of carbonyl (C=O) groups excluding carboxylic acids is 1. The molecule has 1 aromatic carbocycles. The van der Waals surface area contributed by atoms with Gasteiger partial charge in [0, 0.05) is 76.1 Å². The number of benzene rings is 1. The molecular formula is C28H32FN5O2. The van der Waals surface area contributed by atoms with E-state index >= 15 is 4.39 Å². The first-order chi connectivity index (χ1) is 17.5. The lowest BCUT2D eigenvalue weighted by Crippen LogP contribution is -2.59. The first-order valence-electron chi connectivity index (χ1n) is 12.6. The Bertz CT molecular complexity index is 1220. The van der Waals surface area contributed by atoms with Crippen molar-refractivity contribution < 1.29 is 13.9 Å². The molecule has 3 aliphatic rings. The molecule has 188 valence electrons. The van der Waals surface area contributed by atoms with Gasteiger partial charge >= 0.3 is 0 Å². The number of carbonyl (C=O) groups is 1. The number of nitrogens with zero attached hydrogens (tertiary/aromatic N) is 5. The Labute approximate surface area is 211 Å². The maximum atomic E-state index is 15.1. The van der Waals surface area contributed by atoms with E-state index in [-0.39, 0.29) is 17.1 Å². The minimum Gasteiger partial charge on any atom is -0.385 e. The standard InChI is InChI=1S/C28H32FN5O2/c1-3-25(35)34-18-28(19-34)10-13-33(17-28)27-22(15-30)26(20-7-4-5-8-23(20)29)21-9-12-32(11-6-14-36-2)16-24(21)31-27/h3-5,7-8H,1,6,9-14,16-19H2,2H3. The van der Waals surface area contributed by atoms with Gasteiger partial charge in [-0.25, -0.2) is 9.37 Å². The van der Waals surface area contributed by atoms with Crippen molar-refractivity contribution in [3.8, 4) is 17.2 Å². The molecule has 0 aliphatic carbocycles. The fourth-order valence-electron chi connectivity index (χ4n) is 5.96. The molecule has 0 unspecified atom stereocenters. The molecule has 0 saturated carbocycles. The van der Waals surface area contributed by atoms with E-state index in [1.165, 1.54) is 12.1 Å². The molecule has 0 atom stereocenters. The van der Waals surface area contributed by atoms with E-state index in [4.69, 9.17) is 9.72 Å². The second-order valence-corrected chi connectivity index (χ2v) is 10.1. The van der Waals surface area contributed by atoms with Gasteiger partial charge in [0.2, 0.25) is 5.91 Å². The number of ether oxygens (including phenoxy) is 1. The van der Waals surface area contributed by atoms with Crippen LogP contribution in [-0.4, -0.2) is 73.7 Å². The molecule has 0 N–H and O–H groups in total. The first kappa shape index (κ1) is 24.4. The van der Waals surface area contributed by atoms with Gasteiger partial charge in [0.25, 0.3) is 0 Å². The summed E-state index contributed by atoms with van der Waals surface area (Å²) in [5.41, 5.74) is 3.50. The zero-order chi connectivity index (χ0) is 25.3. The van der Waals surface area contributed by atoms with Crippen LogP contribution in [0.5, 0.6) is 0 Å². The maximum Gasteiger partial charge on any atom is 0.245 e. The molecule has 2 saturated heterocycles. The molecule has 1 aromatic heterocycles. The number of hydrogen-bond donors (Lipinski definition) is 0. The number of methoxy groups -OCH3 is 1. The normalized spacial score (nSPS) is 18.6. The van der Waals surface area contributed by atoms with E-state index < -0.39 is 0 Å². The molecule has 2 fully saturated rings. The summed E-state index contributed by atoms with van der Waals surface area (Å²) in [5.74, 6) is 0.268. The monoisotopic (exact) mass is 489 g/mol. The molecule has 4 heterocycles. The van der Waals surface area contributed by atoms with Crippen LogP contribution >= 0.6 is 0 Å². The quantitative estimate of drug-likeness (QED) is 0.439. The number of likely N-dealkylation sites (tertiary alicyclic amines) is 1. The molecule has 1 amide bonds. The van der Waals surface area contributed by atoms with Crippen LogP contribution in [0.2, 0.25) is 0 Å². The summed E-state index contributed by atoms with van der Waals surface area (Å²) in [6, 6.07) is 9.09. The minimum absolute atomic E-state index is 0.00727. The van der Waals surface area contributed by atoms with Crippen molar-refractivity contribution in [1.29, 1.82) is 5.26 Å². The number of rotatable bonds is 7. The highest BCUT2D eigenvalue weighted by Gasteiger charge is 2.49. The van der Waals surface area contributed by atoms with Crippen LogP contribution in [0.25, 0.3) is 11.1 Å². The van der Waals surface area contributed by atoms with Crippen molar-refractivity contribution in [1.82, 2.24) is 14.8 Å².